The Bertz CT molecular complexity index is 890. The predicted molar refractivity (Wildman–Crippen MR) is 97.7 cm³/mol. The van der Waals surface area contributed by atoms with Gasteiger partial charge in [0.2, 0.25) is 15.9 Å². The minimum absolute atomic E-state index is 0.133. The number of carbonyl (C=O) groups is 1. The van der Waals surface area contributed by atoms with Gasteiger partial charge < -0.3 is 5.32 Å². The summed E-state index contributed by atoms with van der Waals surface area (Å²) >= 11 is 0. The maximum Gasteiger partial charge on any atom is 0.241 e. The van der Waals surface area contributed by atoms with Gasteiger partial charge in [0.05, 0.1) is 11.4 Å². The zero-order chi connectivity index (χ0) is 19.5. The summed E-state index contributed by atoms with van der Waals surface area (Å²) < 4.78 is 29.4. The minimum atomic E-state index is -3.81. The number of aromatic nitrogens is 3. The summed E-state index contributed by atoms with van der Waals surface area (Å²) in [4.78, 5) is 16.7. The topological polar surface area (TPSA) is 106 Å². The number of amides is 1. The van der Waals surface area contributed by atoms with Crippen LogP contribution in [0.5, 0.6) is 0 Å². The molecule has 2 N–H and O–H groups in total. The number of rotatable bonds is 7. The minimum Gasteiger partial charge on any atom is -0.347 e. The standard InChI is InChI=1S/C17H25N5O3S/c1-11(2)16(17(23)18-9-15-19-10-22(5)20-15)21-26(24,25)14-7-6-12(3)13(4)8-14/h6-8,10-11,16,21H,9H2,1-5H3,(H,18,23)/t16-/m1/s1. The molecule has 2 rings (SSSR count). The molecule has 0 saturated carbocycles. The second-order valence-corrected chi connectivity index (χ2v) is 8.36. The number of nitrogens with zero attached hydrogens (tertiary/aromatic N) is 3. The highest BCUT2D eigenvalue weighted by Gasteiger charge is 2.28. The molecule has 1 atom stereocenters. The van der Waals surface area contributed by atoms with Crippen LogP contribution < -0.4 is 10.0 Å². The van der Waals surface area contributed by atoms with Crippen LogP contribution in [0.4, 0.5) is 0 Å². The fraction of sp³-hybridized carbons (Fsp3) is 0.471. The third-order valence-corrected chi connectivity index (χ3v) is 5.53. The van der Waals surface area contributed by atoms with E-state index in [9.17, 15) is 13.2 Å². The third kappa shape index (κ3) is 4.89. The zero-order valence-corrected chi connectivity index (χ0v) is 16.5. The van der Waals surface area contributed by atoms with E-state index in [1.54, 1.807) is 33.0 Å². The molecule has 1 aromatic heterocycles. The average molecular weight is 379 g/mol. The molecule has 0 fully saturated rings. The summed E-state index contributed by atoms with van der Waals surface area (Å²) in [6.07, 6.45) is 1.53. The molecular formula is C17H25N5O3S. The van der Waals surface area contributed by atoms with Crippen molar-refractivity contribution in [2.24, 2.45) is 13.0 Å². The van der Waals surface area contributed by atoms with Gasteiger partial charge >= 0.3 is 0 Å². The molecule has 1 heterocycles. The maximum atomic E-state index is 12.7. The molecule has 0 radical (unpaired) electrons. The Morgan fingerprint density at radius 3 is 2.46 bits per heavy atom. The molecule has 0 spiro atoms. The number of aryl methyl sites for hydroxylation is 3. The van der Waals surface area contributed by atoms with Crippen LogP contribution in [0.25, 0.3) is 0 Å². The van der Waals surface area contributed by atoms with Gasteiger partial charge in [-0.2, -0.15) is 9.82 Å². The van der Waals surface area contributed by atoms with Crippen LogP contribution >= 0.6 is 0 Å². The Kier molecular flexibility index (Phi) is 6.14. The average Bonchev–Trinajstić information content (AvgIpc) is 2.98. The van der Waals surface area contributed by atoms with Crippen molar-refractivity contribution in [2.75, 3.05) is 0 Å². The van der Waals surface area contributed by atoms with Crippen LogP contribution in [0.3, 0.4) is 0 Å². The summed E-state index contributed by atoms with van der Waals surface area (Å²) in [6, 6.07) is 3.99. The Labute approximate surface area is 154 Å². The summed E-state index contributed by atoms with van der Waals surface area (Å²) in [7, 11) is -2.08. The molecule has 0 bridgehead atoms. The summed E-state index contributed by atoms with van der Waals surface area (Å²) in [5, 5.41) is 6.76. The Morgan fingerprint density at radius 2 is 1.92 bits per heavy atom. The molecule has 0 aliphatic carbocycles. The van der Waals surface area contributed by atoms with Gasteiger partial charge in [-0.25, -0.2) is 13.4 Å². The normalized spacial score (nSPS) is 13.0. The number of sulfonamides is 1. The van der Waals surface area contributed by atoms with Crippen LogP contribution in [0.2, 0.25) is 0 Å². The quantitative estimate of drug-likeness (QED) is 0.748. The van der Waals surface area contributed by atoms with Gasteiger partial charge in [-0.05, 0) is 43.0 Å². The maximum absolute atomic E-state index is 12.7. The van der Waals surface area contributed by atoms with Crippen molar-refractivity contribution in [1.29, 1.82) is 0 Å². The highest BCUT2D eigenvalue weighted by Crippen LogP contribution is 2.16. The van der Waals surface area contributed by atoms with Crippen LogP contribution in [-0.2, 0) is 28.4 Å². The van der Waals surface area contributed by atoms with Crippen molar-refractivity contribution in [3.63, 3.8) is 0 Å². The fourth-order valence-electron chi connectivity index (χ4n) is 2.35. The molecule has 1 amide bonds. The monoisotopic (exact) mass is 379 g/mol. The van der Waals surface area contributed by atoms with E-state index < -0.39 is 22.0 Å². The second kappa shape index (κ2) is 7.96. The summed E-state index contributed by atoms with van der Waals surface area (Å²) in [5.74, 6) is -0.187. The van der Waals surface area contributed by atoms with Gasteiger partial charge in [-0.1, -0.05) is 19.9 Å². The van der Waals surface area contributed by atoms with E-state index in [1.807, 2.05) is 13.8 Å². The summed E-state index contributed by atoms with van der Waals surface area (Å²) in [5.41, 5.74) is 1.88. The highest BCUT2D eigenvalue weighted by molar-refractivity contribution is 7.89. The third-order valence-electron chi connectivity index (χ3n) is 4.09. The van der Waals surface area contributed by atoms with E-state index in [4.69, 9.17) is 0 Å². The number of benzene rings is 1. The molecule has 0 aliphatic heterocycles. The smallest absolute Gasteiger partial charge is 0.241 e. The first-order chi connectivity index (χ1) is 12.1. The van der Waals surface area contributed by atoms with E-state index >= 15 is 0 Å². The first-order valence-corrected chi connectivity index (χ1v) is 9.80. The highest BCUT2D eigenvalue weighted by atomic mass is 32.2. The molecule has 0 unspecified atom stereocenters. The van der Waals surface area contributed by atoms with Crippen LogP contribution in [0.1, 0.15) is 30.8 Å². The van der Waals surface area contributed by atoms with Crippen molar-refractivity contribution < 1.29 is 13.2 Å². The van der Waals surface area contributed by atoms with Crippen molar-refractivity contribution in [3.05, 3.63) is 41.5 Å². The molecule has 1 aromatic carbocycles. The van der Waals surface area contributed by atoms with Crippen molar-refractivity contribution in [2.45, 2.75) is 45.2 Å². The van der Waals surface area contributed by atoms with Gasteiger partial charge in [0.15, 0.2) is 5.82 Å². The van der Waals surface area contributed by atoms with Crippen molar-refractivity contribution in [1.82, 2.24) is 24.8 Å². The van der Waals surface area contributed by atoms with Crippen LogP contribution in [-0.4, -0.2) is 35.1 Å². The second-order valence-electron chi connectivity index (χ2n) is 6.64. The number of nitrogens with one attached hydrogen (secondary N) is 2. The largest absolute Gasteiger partial charge is 0.347 e. The SMILES string of the molecule is Cc1ccc(S(=O)(=O)N[C@@H](C(=O)NCc2ncn(C)n2)C(C)C)cc1C. The Morgan fingerprint density at radius 1 is 1.23 bits per heavy atom. The Balaban J connectivity index is 2.12. The van der Waals surface area contributed by atoms with Gasteiger partial charge in [0.25, 0.3) is 0 Å². The van der Waals surface area contributed by atoms with Gasteiger partial charge in [0, 0.05) is 7.05 Å². The van der Waals surface area contributed by atoms with Crippen LogP contribution in [0.15, 0.2) is 29.4 Å². The number of carbonyl (C=O) groups excluding carboxylic acids is 1. The van der Waals surface area contributed by atoms with E-state index in [1.165, 1.54) is 17.1 Å². The van der Waals surface area contributed by atoms with Gasteiger partial charge in [-0.15, -0.1) is 0 Å². The van der Waals surface area contributed by atoms with Crippen molar-refractivity contribution in [3.8, 4) is 0 Å². The fourth-order valence-corrected chi connectivity index (χ4v) is 3.78. The molecular weight excluding hydrogens is 354 g/mol. The summed E-state index contributed by atoms with van der Waals surface area (Å²) in [6.45, 7) is 7.46. The van der Waals surface area contributed by atoms with E-state index in [2.05, 4.69) is 20.1 Å². The molecule has 2 aromatic rings. The molecule has 0 saturated heterocycles. The van der Waals surface area contributed by atoms with E-state index in [0.29, 0.717) is 5.82 Å². The first-order valence-electron chi connectivity index (χ1n) is 8.32. The number of hydrogen-bond acceptors (Lipinski definition) is 5. The zero-order valence-electron chi connectivity index (χ0n) is 15.6. The van der Waals surface area contributed by atoms with E-state index in [0.717, 1.165) is 11.1 Å². The molecule has 142 valence electrons. The lowest BCUT2D eigenvalue weighted by molar-refractivity contribution is -0.123. The van der Waals surface area contributed by atoms with E-state index in [-0.39, 0.29) is 17.4 Å². The van der Waals surface area contributed by atoms with Crippen LogP contribution in [0, 0.1) is 19.8 Å². The van der Waals surface area contributed by atoms with Gasteiger partial charge in [0.1, 0.15) is 12.4 Å². The van der Waals surface area contributed by atoms with Crippen molar-refractivity contribution >= 4 is 15.9 Å². The predicted octanol–water partition coefficient (Wildman–Crippen LogP) is 1.05. The first kappa shape index (κ1) is 20.1. The number of hydrogen-bond donors (Lipinski definition) is 2. The molecule has 9 heteroatoms. The molecule has 0 aliphatic rings. The molecule has 26 heavy (non-hydrogen) atoms. The molecule has 8 nitrogen and oxygen atoms in total. The van der Waals surface area contributed by atoms with Gasteiger partial charge in [-0.3, -0.25) is 9.48 Å². The lowest BCUT2D eigenvalue weighted by Crippen LogP contribution is -2.49. The Hall–Kier alpha value is -2.26. The lowest BCUT2D eigenvalue weighted by Gasteiger charge is -2.21. The lowest BCUT2D eigenvalue weighted by atomic mass is 10.1.